The molecule has 0 fully saturated rings. The van der Waals surface area contributed by atoms with E-state index in [-0.39, 0.29) is 5.97 Å². The Balaban J connectivity index is 1.95. The predicted octanol–water partition coefficient (Wildman–Crippen LogP) is 3.59. The van der Waals surface area contributed by atoms with Crippen LogP contribution in [0, 0.1) is 0 Å². The lowest BCUT2D eigenvalue weighted by atomic mass is 10.2. The van der Waals surface area contributed by atoms with Gasteiger partial charge in [0.2, 0.25) is 0 Å². The lowest BCUT2D eigenvalue weighted by Gasteiger charge is -2.01. The molecule has 0 saturated carbocycles. The van der Waals surface area contributed by atoms with Gasteiger partial charge in [0.1, 0.15) is 5.75 Å². The van der Waals surface area contributed by atoms with Crippen molar-refractivity contribution in [2.24, 2.45) is 10.3 Å². The van der Waals surface area contributed by atoms with Gasteiger partial charge in [0.15, 0.2) is 0 Å². The van der Waals surface area contributed by atoms with Crippen molar-refractivity contribution in [1.82, 2.24) is 0 Å². The van der Waals surface area contributed by atoms with Crippen LogP contribution >= 0.6 is 0 Å². The third-order valence-electron chi connectivity index (χ3n) is 2.72. The molecular formula is C15H15N3O3. The number of nitrogens with one attached hydrogen (secondary N) is 1. The fourth-order valence-corrected chi connectivity index (χ4v) is 1.59. The Kier molecular flexibility index (Phi) is 4.87. The molecule has 0 unspecified atom stereocenters. The second-order valence-corrected chi connectivity index (χ2v) is 4.08. The van der Waals surface area contributed by atoms with Crippen molar-refractivity contribution in [3.8, 4) is 5.75 Å². The maximum absolute atomic E-state index is 11.3. The average molecular weight is 285 g/mol. The third-order valence-corrected chi connectivity index (χ3v) is 2.72. The van der Waals surface area contributed by atoms with Crippen LogP contribution in [0.5, 0.6) is 5.75 Å². The van der Waals surface area contributed by atoms with Crippen molar-refractivity contribution in [1.29, 1.82) is 0 Å². The highest BCUT2D eigenvalue weighted by molar-refractivity contribution is 5.89. The zero-order valence-electron chi connectivity index (χ0n) is 11.7. The lowest BCUT2D eigenvalue weighted by molar-refractivity contribution is 0.0601. The number of carbonyl (C=O) groups excluding carboxylic acids is 1. The molecule has 0 saturated heterocycles. The standard InChI is InChI=1S/C15H15N3O3/c1-20-14-9-7-13(8-10-14)17-18-16-12-5-3-11(4-6-12)15(19)21-2/h3-10H,1-2H3,(H,16,17). The minimum absolute atomic E-state index is 0.380. The van der Waals surface area contributed by atoms with Gasteiger partial charge in [-0.05, 0) is 48.5 Å². The fourth-order valence-electron chi connectivity index (χ4n) is 1.59. The number of ether oxygens (including phenoxy) is 2. The number of benzene rings is 2. The second-order valence-electron chi connectivity index (χ2n) is 4.08. The molecule has 0 spiro atoms. The molecule has 108 valence electrons. The molecule has 21 heavy (non-hydrogen) atoms. The van der Waals surface area contributed by atoms with Crippen LogP contribution in [0.3, 0.4) is 0 Å². The van der Waals surface area contributed by atoms with E-state index in [9.17, 15) is 4.79 Å². The lowest BCUT2D eigenvalue weighted by Crippen LogP contribution is -1.99. The normalized spacial score (nSPS) is 10.4. The molecule has 0 aliphatic heterocycles. The van der Waals surface area contributed by atoms with Gasteiger partial charge in [-0.15, -0.1) is 5.11 Å². The van der Waals surface area contributed by atoms with Crippen LogP contribution in [-0.2, 0) is 4.74 Å². The zero-order valence-corrected chi connectivity index (χ0v) is 11.7. The van der Waals surface area contributed by atoms with Crippen LogP contribution in [0.1, 0.15) is 10.4 Å². The Morgan fingerprint density at radius 1 is 1.00 bits per heavy atom. The molecule has 0 heterocycles. The van der Waals surface area contributed by atoms with Crippen LogP contribution in [0.25, 0.3) is 0 Å². The van der Waals surface area contributed by atoms with Crippen LogP contribution in [0.2, 0.25) is 0 Å². The summed E-state index contributed by atoms with van der Waals surface area (Å²) < 4.78 is 9.68. The highest BCUT2D eigenvalue weighted by atomic mass is 16.5. The Labute approximate surface area is 122 Å². The third kappa shape index (κ3) is 4.04. The Hall–Kier alpha value is -2.89. The summed E-state index contributed by atoms with van der Waals surface area (Å²) >= 11 is 0. The van der Waals surface area contributed by atoms with E-state index < -0.39 is 0 Å². The molecule has 0 aliphatic carbocycles. The minimum atomic E-state index is -0.380. The van der Waals surface area contributed by atoms with E-state index >= 15 is 0 Å². The van der Waals surface area contributed by atoms with E-state index in [1.54, 1.807) is 31.4 Å². The molecule has 0 aliphatic rings. The topological polar surface area (TPSA) is 72.3 Å². The number of hydrogen-bond donors (Lipinski definition) is 1. The van der Waals surface area contributed by atoms with Crippen molar-refractivity contribution in [2.75, 3.05) is 19.6 Å². The van der Waals surface area contributed by atoms with E-state index in [1.165, 1.54) is 7.11 Å². The number of nitrogens with zero attached hydrogens (tertiary/aromatic N) is 2. The van der Waals surface area contributed by atoms with Crippen molar-refractivity contribution < 1.29 is 14.3 Å². The maximum atomic E-state index is 11.3. The number of anilines is 1. The number of hydrogen-bond acceptors (Lipinski definition) is 5. The summed E-state index contributed by atoms with van der Waals surface area (Å²) in [5.41, 5.74) is 4.70. The first-order valence-electron chi connectivity index (χ1n) is 6.22. The molecule has 6 heteroatoms. The average Bonchev–Trinajstić information content (AvgIpc) is 2.55. The molecule has 0 amide bonds. The minimum Gasteiger partial charge on any atom is -0.497 e. The molecule has 0 aromatic heterocycles. The monoisotopic (exact) mass is 285 g/mol. The number of carbonyl (C=O) groups is 1. The summed E-state index contributed by atoms with van der Waals surface area (Å²) in [5.74, 6) is 0.394. The van der Waals surface area contributed by atoms with Crippen molar-refractivity contribution in [3.05, 3.63) is 54.1 Å². The maximum Gasteiger partial charge on any atom is 0.337 e. The van der Waals surface area contributed by atoms with Gasteiger partial charge in [-0.25, -0.2) is 4.79 Å². The van der Waals surface area contributed by atoms with Gasteiger partial charge in [-0.2, -0.15) is 0 Å². The van der Waals surface area contributed by atoms with Crippen LogP contribution in [-0.4, -0.2) is 20.2 Å². The number of methoxy groups -OCH3 is 2. The molecule has 1 N–H and O–H groups in total. The summed E-state index contributed by atoms with van der Waals surface area (Å²) in [6, 6.07) is 13.9. The highest BCUT2D eigenvalue weighted by Gasteiger charge is 2.03. The second kappa shape index (κ2) is 7.04. The summed E-state index contributed by atoms with van der Waals surface area (Å²) in [6.45, 7) is 0. The van der Waals surface area contributed by atoms with Gasteiger partial charge in [-0.1, -0.05) is 5.22 Å². The van der Waals surface area contributed by atoms with Crippen molar-refractivity contribution in [2.45, 2.75) is 0 Å². The van der Waals surface area contributed by atoms with Gasteiger partial charge in [0.05, 0.1) is 31.2 Å². The molecule has 2 aromatic rings. The van der Waals surface area contributed by atoms with Crippen LogP contribution in [0.4, 0.5) is 11.4 Å². The molecule has 0 bridgehead atoms. The Morgan fingerprint density at radius 3 is 2.24 bits per heavy atom. The Bertz CT molecular complexity index is 622. The number of esters is 1. The SMILES string of the molecule is COC(=O)c1ccc(N=NNc2ccc(OC)cc2)cc1. The highest BCUT2D eigenvalue weighted by Crippen LogP contribution is 2.17. The number of rotatable bonds is 5. The van der Waals surface area contributed by atoms with E-state index in [0.717, 1.165) is 11.4 Å². The van der Waals surface area contributed by atoms with Crippen LogP contribution < -0.4 is 10.2 Å². The van der Waals surface area contributed by atoms with Gasteiger partial charge in [0.25, 0.3) is 0 Å². The van der Waals surface area contributed by atoms with Gasteiger partial charge in [0, 0.05) is 0 Å². The first kappa shape index (κ1) is 14.5. The summed E-state index contributed by atoms with van der Waals surface area (Å²) in [5, 5.41) is 7.88. The summed E-state index contributed by atoms with van der Waals surface area (Å²) in [6.07, 6.45) is 0. The smallest absolute Gasteiger partial charge is 0.337 e. The largest absolute Gasteiger partial charge is 0.497 e. The molecule has 0 radical (unpaired) electrons. The molecule has 2 rings (SSSR count). The van der Waals surface area contributed by atoms with Gasteiger partial charge < -0.3 is 9.47 Å². The van der Waals surface area contributed by atoms with E-state index in [2.05, 4.69) is 20.5 Å². The zero-order chi connectivity index (χ0) is 15.1. The molecular weight excluding hydrogens is 270 g/mol. The van der Waals surface area contributed by atoms with E-state index in [0.29, 0.717) is 11.3 Å². The van der Waals surface area contributed by atoms with Crippen LogP contribution in [0.15, 0.2) is 58.9 Å². The first-order chi connectivity index (χ1) is 10.2. The molecule has 6 nitrogen and oxygen atoms in total. The molecule has 0 atom stereocenters. The van der Waals surface area contributed by atoms with Crippen molar-refractivity contribution >= 4 is 17.3 Å². The fraction of sp³-hybridized carbons (Fsp3) is 0.133. The first-order valence-corrected chi connectivity index (χ1v) is 6.22. The summed E-state index contributed by atoms with van der Waals surface area (Å²) in [7, 11) is 2.95. The van der Waals surface area contributed by atoms with Gasteiger partial charge >= 0.3 is 5.97 Å². The van der Waals surface area contributed by atoms with E-state index in [4.69, 9.17) is 4.74 Å². The van der Waals surface area contributed by atoms with Crippen molar-refractivity contribution in [3.63, 3.8) is 0 Å². The quantitative estimate of drug-likeness (QED) is 0.517. The predicted molar refractivity (Wildman–Crippen MR) is 78.9 cm³/mol. The summed E-state index contributed by atoms with van der Waals surface area (Å²) in [4.78, 5) is 11.3. The molecule has 2 aromatic carbocycles. The Morgan fingerprint density at radius 2 is 1.67 bits per heavy atom. The van der Waals surface area contributed by atoms with E-state index in [1.807, 2.05) is 24.3 Å². The van der Waals surface area contributed by atoms with Gasteiger partial charge in [-0.3, -0.25) is 5.43 Å².